The number of hydrogen-bond acceptors (Lipinski definition) is 6. The van der Waals surface area contributed by atoms with E-state index in [-0.39, 0.29) is 23.9 Å². The first-order valence-electron chi connectivity index (χ1n) is 8.08. The van der Waals surface area contributed by atoms with Crippen LogP contribution in [0.2, 0.25) is 0 Å². The number of aromatic nitrogens is 4. The van der Waals surface area contributed by atoms with E-state index in [2.05, 4.69) is 20.3 Å². The van der Waals surface area contributed by atoms with Gasteiger partial charge in [0.05, 0.1) is 12.1 Å². The molecule has 1 aliphatic rings. The van der Waals surface area contributed by atoms with E-state index in [4.69, 9.17) is 0 Å². The van der Waals surface area contributed by atoms with Gasteiger partial charge in [0.1, 0.15) is 12.4 Å². The maximum Gasteiger partial charge on any atom is 0.328 e. The minimum atomic E-state index is -1.29. The highest BCUT2D eigenvalue weighted by molar-refractivity contribution is 5.85. The Hall–Kier alpha value is -3.30. The van der Waals surface area contributed by atoms with Crippen molar-refractivity contribution in [1.29, 1.82) is 0 Å². The molecule has 1 amide bonds. The number of carboxylic acid groups (broad SMARTS) is 1. The molecule has 1 atom stereocenters. The first-order valence-corrected chi connectivity index (χ1v) is 8.08. The second-order valence-corrected chi connectivity index (χ2v) is 6.11. The summed E-state index contributed by atoms with van der Waals surface area (Å²) in [6.45, 7) is -0.315. The highest BCUT2D eigenvalue weighted by Crippen LogP contribution is 2.26. The number of nitrogens with one attached hydrogen (secondary N) is 2. The molecule has 10 nitrogen and oxygen atoms in total. The molecule has 0 bridgehead atoms. The van der Waals surface area contributed by atoms with Crippen LogP contribution < -0.4 is 16.6 Å². The molecule has 0 radical (unpaired) electrons. The lowest BCUT2D eigenvalue weighted by Gasteiger charge is -2.26. The predicted molar refractivity (Wildman–Crippen MR) is 89.3 cm³/mol. The molecule has 10 heteroatoms. The summed E-state index contributed by atoms with van der Waals surface area (Å²) in [7, 11) is 0. The van der Waals surface area contributed by atoms with E-state index in [0.717, 1.165) is 23.8 Å². The number of carboxylic acids is 1. The minimum Gasteiger partial charge on any atom is -0.480 e. The van der Waals surface area contributed by atoms with Gasteiger partial charge in [0.2, 0.25) is 5.91 Å². The largest absolute Gasteiger partial charge is 0.480 e. The Kier molecular flexibility index (Phi) is 4.92. The molecule has 3 N–H and O–H groups in total. The van der Waals surface area contributed by atoms with Crippen LogP contribution in [-0.2, 0) is 16.1 Å². The lowest BCUT2D eigenvalue weighted by atomic mass is 9.84. The fourth-order valence-electron chi connectivity index (χ4n) is 2.63. The van der Waals surface area contributed by atoms with Crippen LogP contribution in [0.5, 0.6) is 0 Å². The number of carbonyl (C=O) groups is 2. The summed E-state index contributed by atoms with van der Waals surface area (Å²) in [5, 5.41) is 11.8. The van der Waals surface area contributed by atoms with Crippen molar-refractivity contribution >= 4 is 11.9 Å². The average Bonchev–Trinajstić information content (AvgIpc) is 2.55. The summed E-state index contributed by atoms with van der Waals surface area (Å²) in [4.78, 5) is 57.3. The zero-order valence-electron chi connectivity index (χ0n) is 13.7. The van der Waals surface area contributed by atoms with Crippen molar-refractivity contribution in [2.24, 2.45) is 5.92 Å². The van der Waals surface area contributed by atoms with E-state index < -0.39 is 23.3 Å². The summed E-state index contributed by atoms with van der Waals surface area (Å²) in [5.41, 5.74) is -0.890. The van der Waals surface area contributed by atoms with Gasteiger partial charge in [0, 0.05) is 30.1 Å². The molecule has 3 rings (SSSR count). The molecular weight excluding hydrogens is 342 g/mol. The first kappa shape index (κ1) is 17.5. The summed E-state index contributed by atoms with van der Waals surface area (Å²) in [6.07, 6.45) is 7.75. The number of nitrogens with zero attached hydrogens (tertiary/aromatic N) is 3. The van der Waals surface area contributed by atoms with Gasteiger partial charge in [-0.2, -0.15) is 0 Å². The lowest BCUT2D eigenvalue weighted by molar-refractivity contribution is -0.143. The molecule has 0 saturated heterocycles. The van der Waals surface area contributed by atoms with E-state index >= 15 is 0 Å². The van der Waals surface area contributed by atoms with E-state index in [0.29, 0.717) is 5.56 Å². The quantitative estimate of drug-likeness (QED) is 0.621. The number of hydrogen-bond donors (Lipinski definition) is 3. The zero-order chi connectivity index (χ0) is 18.7. The predicted octanol–water partition coefficient (Wildman–Crippen LogP) is -0.637. The fourth-order valence-corrected chi connectivity index (χ4v) is 2.63. The van der Waals surface area contributed by atoms with Crippen LogP contribution in [0, 0.1) is 5.92 Å². The van der Waals surface area contributed by atoms with Crippen LogP contribution in [0.4, 0.5) is 0 Å². The van der Waals surface area contributed by atoms with Crippen molar-refractivity contribution in [2.75, 3.05) is 0 Å². The van der Waals surface area contributed by atoms with Crippen molar-refractivity contribution in [3.05, 3.63) is 45.8 Å². The topological polar surface area (TPSA) is 147 Å². The normalized spacial score (nSPS) is 15.1. The minimum absolute atomic E-state index is 0.125. The van der Waals surface area contributed by atoms with E-state index in [1.54, 1.807) is 0 Å². The van der Waals surface area contributed by atoms with Gasteiger partial charge in [-0.15, -0.1) is 0 Å². The number of amides is 1. The Labute approximate surface area is 146 Å². The van der Waals surface area contributed by atoms with Gasteiger partial charge in [-0.1, -0.05) is 6.42 Å². The van der Waals surface area contributed by atoms with Gasteiger partial charge in [-0.25, -0.2) is 19.6 Å². The first-order chi connectivity index (χ1) is 12.5. The third-order valence-corrected chi connectivity index (χ3v) is 4.35. The van der Waals surface area contributed by atoms with Crippen molar-refractivity contribution in [3.63, 3.8) is 0 Å². The van der Waals surface area contributed by atoms with Gasteiger partial charge in [-0.05, 0) is 12.8 Å². The van der Waals surface area contributed by atoms with E-state index in [1.165, 1.54) is 24.9 Å². The molecular formula is C16H17N5O5. The second-order valence-electron chi connectivity index (χ2n) is 6.11. The van der Waals surface area contributed by atoms with Crippen LogP contribution in [0.25, 0.3) is 11.1 Å². The molecule has 2 aromatic heterocycles. The molecule has 1 fully saturated rings. The molecule has 0 unspecified atom stereocenters. The Morgan fingerprint density at radius 2 is 2.00 bits per heavy atom. The third kappa shape index (κ3) is 3.68. The van der Waals surface area contributed by atoms with Crippen LogP contribution >= 0.6 is 0 Å². The van der Waals surface area contributed by atoms with Gasteiger partial charge in [0.15, 0.2) is 0 Å². The van der Waals surface area contributed by atoms with Crippen molar-refractivity contribution in [3.8, 4) is 11.1 Å². The summed E-state index contributed by atoms with van der Waals surface area (Å²) < 4.78 is 1.05. The Balaban J connectivity index is 1.87. The van der Waals surface area contributed by atoms with Gasteiger partial charge < -0.3 is 10.4 Å². The SMILES string of the molecule is O=C(N[C@@H](Cn1cc(-c2cncnc2)c(=O)[nH]c1=O)C(=O)O)C1CCC1. The van der Waals surface area contributed by atoms with Gasteiger partial charge >= 0.3 is 11.7 Å². The van der Waals surface area contributed by atoms with E-state index in [9.17, 15) is 24.3 Å². The van der Waals surface area contributed by atoms with Gasteiger partial charge in [-0.3, -0.25) is 19.1 Å². The summed E-state index contributed by atoms with van der Waals surface area (Å²) in [5.74, 6) is -1.78. The summed E-state index contributed by atoms with van der Waals surface area (Å²) in [6, 6.07) is -1.29. The number of aromatic amines is 1. The zero-order valence-corrected chi connectivity index (χ0v) is 13.7. The maximum absolute atomic E-state index is 12.0. The van der Waals surface area contributed by atoms with Gasteiger partial charge in [0.25, 0.3) is 5.56 Å². The number of rotatable bonds is 6. The second kappa shape index (κ2) is 7.30. The standard InChI is InChI=1S/C16H17N5O5/c22-13(9-2-1-3-9)19-12(15(24)25)7-21-6-11(14(23)20-16(21)26)10-4-17-8-18-5-10/h4-6,8-9,12H,1-3,7H2,(H,19,22)(H,24,25)(H,20,23,26)/t12-/m0/s1. The lowest BCUT2D eigenvalue weighted by Crippen LogP contribution is -2.48. The van der Waals surface area contributed by atoms with Crippen LogP contribution in [0.3, 0.4) is 0 Å². The van der Waals surface area contributed by atoms with Crippen molar-refractivity contribution < 1.29 is 14.7 Å². The van der Waals surface area contributed by atoms with E-state index in [1.807, 2.05) is 0 Å². The fraction of sp³-hybridized carbons (Fsp3) is 0.375. The highest BCUT2D eigenvalue weighted by atomic mass is 16.4. The molecule has 1 aliphatic carbocycles. The monoisotopic (exact) mass is 359 g/mol. The number of H-pyrrole nitrogens is 1. The molecule has 0 aromatic carbocycles. The molecule has 0 aliphatic heterocycles. The van der Waals surface area contributed by atoms with Crippen LogP contribution in [0.15, 0.2) is 34.5 Å². The molecule has 1 saturated carbocycles. The molecule has 0 spiro atoms. The average molecular weight is 359 g/mol. The van der Waals surface area contributed by atoms with Crippen molar-refractivity contribution in [1.82, 2.24) is 24.8 Å². The third-order valence-electron chi connectivity index (χ3n) is 4.35. The van der Waals surface area contributed by atoms with Crippen molar-refractivity contribution in [2.45, 2.75) is 31.8 Å². The Morgan fingerprint density at radius 1 is 1.31 bits per heavy atom. The maximum atomic E-state index is 12.0. The summed E-state index contributed by atoms with van der Waals surface area (Å²) >= 11 is 0. The van der Waals surface area contributed by atoms with Crippen LogP contribution in [0.1, 0.15) is 19.3 Å². The number of aliphatic carboxylic acids is 1. The highest BCUT2D eigenvalue weighted by Gasteiger charge is 2.29. The Bertz CT molecular complexity index is 932. The molecule has 2 heterocycles. The number of carbonyl (C=O) groups excluding carboxylic acids is 1. The molecule has 2 aromatic rings. The molecule has 136 valence electrons. The smallest absolute Gasteiger partial charge is 0.328 e. The van der Waals surface area contributed by atoms with Crippen LogP contribution in [-0.4, -0.2) is 42.5 Å². The molecule has 26 heavy (non-hydrogen) atoms. The Morgan fingerprint density at radius 3 is 2.58 bits per heavy atom.